The second-order valence-corrected chi connectivity index (χ2v) is 4.88. The van der Waals surface area contributed by atoms with Crippen LogP contribution in [0.3, 0.4) is 0 Å². The van der Waals surface area contributed by atoms with Gasteiger partial charge in [-0.1, -0.05) is 24.8 Å². The molecule has 0 aliphatic heterocycles. The minimum atomic E-state index is 0.888. The molecule has 0 aromatic carbocycles. The lowest BCUT2D eigenvalue weighted by Gasteiger charge is -2.25. The van der Waals surface area contributed by atoms with E-state index in [1.807, 2.05) is 0 Å². The molecule has 1 fully saturated rings. The molecule has 0 saturated heterocycles. The molecule has 0 bridgehead atoms. The fraction of sp³-hybridized carbons (Fsp3) is 0.846. The monoisotopic (exact) mass is 195 g/mol. The minimum absolute atomic E-state index is 0.888. The molecule has 0 aromatic heterocycles. The molecule has 0 radical (unpaired) electrons. The fourth-order valence-corrected chi connectivity index (χ4v) is 2.71. The summed E-state index contributed by atoms with van der Waals surface area (Å²) < 4.78 is 0. The van der Waals surface area contributed by atoms with Crippen molar-refractivity contribution in [1.82, 2.24) is 5.32 Å². The fourth-order valence-electron chi connectivity index (χ4n) is 2.71. The molecule has 1 saturated carbocycles. The lowest BCUT2D eigenvalue weighted by Crippen LogP contribution is -2.25. The summed E-state index contributed by atoms with van der Waals surface area (Å²) in [5.41, 5.74) is 1.36. The second kappa shape index (κ2) is 6.23. The SMILES string of the molecule is C=C(C)CC1CCCCCC1CNC. The number of rotatable bonds is 4. The van der Waals surface area contributed by atoms with Crippen molar-refractivity contribution in [1.29, 1.82) is 0 Å². The predicted octanol–water partition coefficient (Wildman–Crippen LogP) is 3.37. The molecular formula is C13H25N. The Morgan fingerprint density at radius 1 is 1.21 bits per heavy atom. The first-order chi connectivity index (χ1) is 6.74. The topological polar surface area (TPSA) is 12.0 Å². The molecule has 1 aliphatic rings. The van der Waals surface area contributed by atoms with Gasteiger partial charge in [0.15, 0.2) is 0 Å². The van der Waals surface area contributed by atoms with Crippen molar-refractivity contribution in [2.24, 2.45) is 11.8 Å². The average Bonchev–Trinajstić information content (AvgIpc) is 2.32. The molecule has 0 aromatic rings. The van der Waals surface area contributed by atoms with Crippen LogP contribution in [-0.4, -0.2) is 13.6 Å². The maximum Gasteiger partial charge on any atom is -0.00208 e. The van der Waals surface area contributed by atoms with Gasteiger partial charge in [0.1, 0.15) is 0 Å². The van der Waals surface area contributed by atoms with Gasteiger partial charge in [-0.25, -0.2) is 0 Å². The van der Waals surface area contributed by atoms with E-state index in [1.54, 1.807) is 0 Å². The van der Waals surface area contributed by atoms with E-state index in [1.165, 1.54) is 50.6 Å². The van der Waals surface area contributed by atoms with Crippen molar-refractivity contribution in [2.45, 2.75) is 45.4 Å². The van der Waals surface area contributed by atoms with Crippen molar-refractivity contribution in [3.8, 4) is 0 Å². The highest BCUT2D eigenvalue weighted by atomic mass is 14.8. The van der Waals surface area contributed by atoms with Crippen molar-refractivity contribution in [2.75, 3.05) is 13.6 Å². The van der Waals surface area contributed by atoms with Crippen LogP contribution in [0.2, 0.25) is 0 Å². The standard InChI is InChI=1S/C13H25N/c1-11(2)9-12-7-5-4-6-8-13(12)10-14-3/h12-14H,1,4-10H2,2-3H3. The lowest BCUT2D eigenvalue weighted by atomic mass is 9.83. The van der Waals surface area contributed by atoms with Crippen LogP contribution in [0.5, 0.6) is 0 Å². The van der Waals surface area contributed by atoms with Crippen molar-refractivity contribution >= 4 is 0 Å². The maximum absolute atomic E-state index is 4.05. The van der Waals surface area contributed by atoms with Gasteiger partial charge in [0, 0.05) is 0 Å². The molecule has 1 heteroatoms. The van der Waals surface area contributed by atoms with Gasteiger partial charge in [-0.3, -0.25) is 0 Å². The van der Waals surface area contributed by atoms with Gasteiger partial charge in [0.2, 0.25) is 0 Å². The van der Waals surface area contributed by atoms with E-state index in [4.69, 9.17) is 0 Å². The van der Waals surface area contributed by atoms with Gasteiger partial charge in [-0.2, -0.15) is 0 Å². The minimum Gasteiger partial charge on any atom is -0.319 e. The zero-order valence-electron chi connectivity index (χ0n) is 9.81. The number of hydrogen-bond donors (Lipinski definition) is 1. The largest absolute Gasteiger partial charge is 0.319 e. The first-order valence-electron chi connectivity index (χ1n) is 6.03. The van der Waals surface area contributed by atoms with Gasteiger partial charge < -0.3 is 5.32 Å². The van der Waals surface area contributed by atoms with E-state index in [-0.39, 0.29) is 0 Å². The Hall–Kier alpha value is -0.300. The smallest absolute Gasteiger partial charge is 0.00208 e. The molecule has 82 valence electrons. The molecule has 1 rings (SSSR count). The molecule has 14 heavy (non-hydrogen) atoms. The van der Waals surface area contributed by atoms with Crippen LogP contribution in [0.4, 0.5) is 0 Å². The maximum atomic E-state index is 4.05. The average molecular weight is 195 g/mol. The third-order valence-corrected chi connectivity index (χ3v) is 3.39. The zero-order chi connectivity index (χ0) is 10.4. The van der Waals surface area contributed by atoms with Crippen LogP contribution in [0.1, 0.15) is 45.4 Å². The van der Waals surface area contributed by atoms with Crippen LogP contribution in [-0.2, 0) is 0 Å². The quantitative estimate of drug-likeness (QED) is 0.536. The van der Waals surface area contributed by atoms with Crippen LogP contribution in [0.15, 0.2) is 12.2 Å². The lowest BCUT2D eigenvalue weighted by molar-refractivity contribution is 0.303. The van der Waals surface area contributed by atoms with Crippen molar-refractivity contribution in [3.63, 3.8) is 0 Å². The van der Waals surface area contributed by atoms with Crippen molar-refractivity contribution in [3.05, 3.63) is 12.2 Å². The molecule has 2 unspecified atom stereocenters. The Bertz CT molecular complexity index is 174. The first-order valence-corrected chi connectivity index (χ1v) is 6.03. The van der Waals surface area contributed by atoms with Gasteiger partial charge in [-0.15, -0.1) is 6.58 Å². The van der Waals surface area contributed by atoms with Gasteiger partial charge in [0.05, 0.1) is 0 Å². The second-order valence-electron chi connectivity index (χ2n) is 4.88. The van der Waals surface area contributed by atoms with E-state index >= 15 is 0 Å². The van der Waals surface area contributed by atoms with E-state index in [0.717, 1.165) is 11.8 Å². The highest BCUT2D eigenvalue weighted by molar-refractivity contribution is 4.93. The highest BCUT2D eigenvalue weighted by Crippen LogP contribution is 2.32. The predicted molar refractivity (Wildman–Crippen MR) is 63.4 cm³/mol. The van der Waals surface area contributed by atoms with Gasteiger partial charge >= 0.3 is 0 Å². The molecular weight excluding hydrogens is 170 g/mol. The Balaban J connectivity index is 2.49. The van der Waals surface area contributed by atoms with Crippen molar-refractivity contribution < 1.29 is 0 Å². The summed E-state index contributed by atoms with van der Waals surface area (Å²) in [5, 5.41) is 3.34. The van der Waals surface area contributed by atoms with E-state index < -0.39 is 0 Å². The summed E-state index contributed by atoms with van der Waals surface area (Å²) >= 11 is 0. The Morgan fingerprint density at radius 2 is 1.86 bits per heavy atom. The molecule has 0 heterocycles. The van der Waals surface area contributed by atoms with Crippen LogP contribution >= 0.6 is 0 Å². The third kappa shape index (κ3) is 3.83. The molecule has 0 spiro atoms. The van der Waals surface area contributed by atoms with Crippen LogP contribution < -0.4 is 5.32 Å². The summed E-state index contributed by atoms with van der Waals surface area (Å²) in [6.45, 7) is 7.41. The number of nitrogens with one attached hydrogen (secondary N) is 1. The molecule has 0 amide bonds. The van der Waals surface area contributed by atoms with E-state index in [2.05, 4.69) is 25.9 Å². The van der Waals surface area contributed by atoms with Gasteiger partial charge in [-0.05, 0) is 51.6 Å². The molecule has 1 N–H and O–H groups in total. The van der Waals surface area contributed by atoms with E-state index in [0.29, 0.717) is 0 Å². The highest BCUT2D eigenvalue weighted by Gasteiger charge is 2.22. The normalized spacial score (nSPS) is 28.4. The first kappa shape index (κ1) is 11.8. The van der Waals surface area contributed by atoms with Crippen LogP contribution in [0, 0.1) is 11.8 Å². The Labute approximate surface area is 89.0 Å². The third-order valence-electron chi connectivity index (χ3n) is 3.39. The zero-order valence-corrected chi connectivity index (χ0v) is 9.81. The van der Waals surface area contributed by atoms with Gasteiger partial charge in [0.25, 0.3) is 0 Å². The Kier molecular flexibility index (Phi) is 5.24. The summed E-state index contributed by atoms with van der Waals surface area (Å²) in [6.07, 6.45) is 8.37. The summed E-state index contributed by atoms with van der Waals surface area (Å²) in [6, 6.07) is 0. The molecule has 1 aliphatic carbocycles. The molecule has 2 atom stereocenters. The number of hydrogen-bond acceptors (Lipinski definition) is 1. The number of allylic oxidation sites excluding steroid dienone is 1. The van der Waals surface area contributed by atoms with Crippen LogP contribution in [0.25, 0.3) is 0 Å². The summed E-state index contributed by atoms with van der Waals surface area (Å²) in [5.74, 6) is 1.78. The Morgan fingerprint density at radius 3 is 2.43 bits per heavy atom. The summed E-state index contributed by atoms with van der Waals surface area (Å²) in [4.78, 5) is 0. The van der Waals surface area contributed by atoms with E-state index in [9.17, 15) is 0 Å². The summed E-state index contributed by atoms with van der Waals surface area (Å²) in [7, 11) is 2.07. The molecule has 1 nitrogen and oxygen atoms in total.